The molecule has 6 nitrogen and oxygen atoms in total. The van der Waals surface area contributed by atoms with Gasteiger partial charge in [0, 0.05) is 12.0 Å². The molecule has 0 atom stereocenters. The average molecular weight is 246 g/mol. The van der Waals surface area contributed by atoms with Gasteiger partial charge in [-0.3, -0.25) is 10.2 Å². The second-order valence-corrected chi connectivity index (χ2v) is 3.91. The third-order valence-corrected chi connectivity index (χ3v) is 2.44. The van der Waals surface area contributed by atoms with Gasteiger partial charge in [-0.15, -0.1) is 0 Å². The number of carbonyl (C=O) groups excluding carboxylic acids is 1. The summed E-state index contributed by atoms with van der Waals surface area (Å²) in [5, 5.41) is 7.34. The first-order valence-electron chi connectivity index (χ1n) is 5.65. The lowest BCUT2D eigenvalue weighted by Gasteiger charge is -1.97. The molecule has 6 heteroatoms. The van der Waals surface area contributed by atoms with Gasteiger partial charge in [-0.1, -0.05) is 6.92 Å². The molecular formula is C12H14N4O2. The summed E-state index contributed by atoms with van der Waals surface area (Å²) in [6.07, 6.45) is 1.09. The largest absolute Gasteiger partial charge is 0.392 e. The van der Waals surface area contributed by atoms with Crippen LogP contribution in [-0.4, -0.2) is 21.8 Å². The van der Waals surface area contributed by atoms with Gasteiger partial charge in [0.1, 0.15) is 5.84 Å². The molecule has 2 aromatic rings. The fraction of sp³-hybridized carbons (Fsp3) is 0.250. The summed E-state index contributed by atoms with van der Waals surface area (Å²) in [5.74, 6) is -0.334. The summed E-state index contributed by atoms with van der Waals surface area (Å²) >= 11 is 0. The van der Waals surface area contributed by atoms with Crippen LogP contribution in [0.25, 0.3) is 11.0 Å². The highest BCUT2D eigenvalue weighted by molar-refractivity contribution is 5.98. The van der Waals surface area contributed by atoms with Gasteiger partial charge in [0.25, 0.3) is 0 Å². The number of rotatable bonds is 4. The quantitative estimate of drug-likeness (QED) is 0.432. The van der Waals surface area contributed by atoms with Gasteiger partial charge < -0.3 is 15.5 Å². The number of hydrogen-bond acceptors (Lipinski definition) is 4. The van der Waals surface area contributed by atoms with Crippen LogP contribution in [0.5, 0.6) is 6.01 Å². The van der Waals surface area contributed by atoms with Crippen molar-refractivity contribution < 1.29 is 9.53 Å². The molecule has 0 spiro atoms. The number of ether oxygens (including phenoxy) is 1. The smallest absolute Gasteiger partial charge is 0.313 e. The summed E-state index contributed by atoms with van der Waals surface area (Å²) in [6.45, 7) is 1.90. The lowest BCUT2D eigenvalue weighted by molar-refractivity contribution is -0.134. The number of amidine groups is 1. The Bertz CT molecular complexity index is 603. The molecule has 0 aliphatic carbocycles. The average Bonchev–Trinajstić information content (AvgIpc) is 2.69. The maximum absolute atomic E-state index is 11.3. The van der Waals surface area contributed by atoms with E-state index in [2.05, 4.69) is 9.97 Å². The van der Waals surface area contributed by atoms with E-state index in [1.807, 2.05) is 6.92 Å². The van der Waals surface area contributed by atoms with E-state index < -0.39 is 0 Å². The molecule has 0 saturated heterocycles. The molecule has 4 N–H and O–H groups in total. The van der Waals surface area contributed by atoms with Crippen molar-refractivity contribution in [2.24, 2.45) is 5.73 Å². The van der Waals surface area contributed by atoms with Gasteiger partial charge in [-0.25, -0.2) is 0 Å². The molecular weight excluding hydrogens is 232 g/mol. The van der Waals surface area contributed by atoms with E-state index in [0.29, 0.717) is 23.0 Å². The number of nitrogens with zero attached hydrogens (tertiary/aromatic N) is 1. The van der Waals surface area contributed by atoms with E-state index in [1.165, 1.54) is 0 Å². The van der Waals surface area contributed by atoms with E-state index in [1.54, 1.807) is 18.2 Å². The third kappa shape index (κ3) is 2.48. The zero-order chi connectivity index (χ0) is 13.1. The predicted octanol–water partition coefficient (Wildman–Crippen LogP) is 1.55. The van der Waals surface area contributed by atoms with Gasteiger partial charge >= 0.3 is 12.0 Å². The van der Waals surface area contributed by atoms with Crippen molar-refractivity contribution in [2.45, 2.75) is 19.8 Å². The summed E-state index contributed by atoms with van der Waals surface area (Å²) in [7, 11) is 0. The van der Waals surface area contributed by atoms with Crippen LogP contribution in [0.1, 0.15) is 25.3 Å². The fourth-order valence-electron chi connectivity index (χ4n) is 1.57. The van der Waals surface area contributed by atoms with Crippen LogP contribution in [0.15, 0.2) is 18.2 Å². The second-order valence-electron chi connectivity index (χ2n) is 3.91. The Kier molecular flexibility index (Phi) is 3.27. The van der Waals surface area contributed by atoms with Crippen molar-refractivity contribution >= 4 is 22.8 Å². The molecule has 0 aliphatic rings. The summed E-state index contributed by atoms with van der Waals surface area (Å²) in [4.78, 5) is 18.3. The van der Waals surface area contributed by atoms with Crippen LogP contribution in [0.3, 0.4) is 0 Å². The highest BCUT2D eigenvalue weighted by atomic mass is 16.5. The lowest BCUT2D eigenvalue weighted by atomic mass is 10.2. The van der Waals surface area contributed by atoms with Crippen molar-refractivity contribution in [3.8, 4) is 6.01 Å². The fourth-order valence-corrected chi connectivity index (χ4v) is 1.57. The SMILES string of the molecule is CCCC(=O)Oc1nc2ccc(C(=N)N)cc2[nH]1. The highest BCUT2D eigenvalue weighted by Crippen LogP contribution is 2.17. The first-order chi connectivity index (χ1) is 8.60. The van der Waals surface area contributed by atoms with Gasteiger partial charge in [-0.2, -0.15) is 4.98 Å². The minimum Gasteiger partial charge on any atom is -0.392 e. The Morgan fingerprint density at radius 3 is 3.00 bits per heavy atom. The topological polar surface area (TPSA) is 105 Å². The molecule has 0 radical (unpaired) electrons. The number of nitrogens with one attached hydrogen (secondary N) is 2. The molecule has 18 heavy (non-hydrogen) atoms. The van der Waals surface area contributed by atoms with E-state index in [9.17, 15) is 4.79 Å². The minimum absolute atomic E-state index is 0.0176. The number of carbonyl (C=O) groups is 1. The third-order valence-electron chi connectivity index (χ3n) is 2.44. The van der Waals surface area contributed by atoms with Crippen LogP contribution < -0.4 is 10.5 Å². The molecule has 0 amide bonds. The summed E-state index contributed by atoms with van der Waals surface area (Å²) < 4.78 is 5.05. The highest BCUT2D eigenvalue weighted by Gasteiger charge is 2.09. The standard InChI is InChI=1S/C12H14N4O2/c1-2-3-10(17)18-12-15-8-5-4-7(11(13)14)6-9(8)16-12/h4-6H,2-3H2,1H3,(H3,13,14)(H,15,16). The van der Waals surface area contributed by atoms with Crippen molar-refractivity contribution in [3.63, 3.8) is 0 Å². The minimum atomic E-state index is -0.316. The van der Waals surface area contributed by atoms with Crippen LogP contribution >= 0.6 is 0 Å². The molecule has 0 aliphatic heterocycles. The van der Waals surface area contributed by atoms with Gasteiger partial charge in [-0.05, 0) is 24.6 Å². The number of aromatic amines is 1. The van der Waals surface area contributed by atoms with Crippen LogP contribution in [-0.2, 0) is 4.79 Å². The van der Waals surface area contributed by atoms with Gasteiger partial charge in [0.2, 0.25) is 0 Å². The maximum atomic E-state index is 11.3. The number of imidazole rings is 1. The number of fused-ring (bicyclic) bond motifs is 1. The van der Waals surface area contributed by atoms with Crippen LogP contribution in [0.4, 0.5) is 0 Å². The van der Waals surface area contributed by atoms with Crippen molar-refractivity contribution in [2.75, 3.05) is 0 Å². The predicted molar refractivity (Wildman–Crippen MR) is 67.7 cm³/mol. The first-order valence-corrected chi connectivity index (χ1v) is 5.65. The van der Waals surface area contributed by atoms with E-state index in [0.717, 1.165) is 6.42 Å². The Labute approximate surface area is 104 Å². The Hall–Kier alpha value is -2.37. The molecule has 1 aromatic carbocycles. The summed E-state index contributed by atoms with van der Waals surface area (Å²) in [6, 6.07) is 5.29. The number of aromatic nitrogens is 2. The number of hydrogen-bond donors (Lipinski definition) is 3. The van der Waals surface area contributed by atoms with Crippen LogP contribution in [0.2, 0.25) is 0 Å². The van der Waals surface area contributed by atoms with Crippen LogP contribution in [0, 0.1) is 5.41 Å². The summed E-state index contributed by atoms with van der Waals surface area (Å²) in [5.41, 5.74) is 7.34. The zero-order valence-corrected chi connectivity index (χ0v) is 9.99. The first kappa shape index (κ1) is 12.1. The molecule has 1 aromatic heterocycles. The zero-order valence-electron chi connectivity index (χ0n) is 9.99. The van der Waals surface area contributed by atoms with E-state index >= 15 is 0 Å². The number of esters is 1. The monoisotopic (exact) mass is 246 g/mol. The molecule has 94 valence electrons. The maximum Gasteiger partial charge on any atom is 0.313 e. The number of nitrogen functional groups attached to an aromatic ring is 1. The van der Waals surface area contributed by atoms with Crippen molar-refractivity contribution in [1.82, 2.24) is 9.97 Å². The lowest BCUT2D eigenvalue weighted by Crippen LogP contribution is -2.10. The molecule has 0 bridgehead atoms. The van der Waals surface area contributed by atoms with Gasteiger partial charge in [0.05, 0.1) is 11.0 Å². The normalized spacial score (nSPS) is 10.5. The van der Waals surface area contributed by atoms with Crippen molar-refractivity contribution in [3.05, 3.63) is 23.8 Å². The molecule has 0 unspecified atom stereocenters. The second kappa shape index (κ2) is 4.87. The van der Waals surface area contributed by atoms with Gasteiger partial charge in [0.15, 0.2) is 0 Å². The Morgan fingerprint density at radius 1 is 1.56 bits per heavy atom. The molecule has 1 heterocycles. The number of H-pyrrole nitrogens is 1. The Morgan fingerprint density at radius 2 is 2.33 bits per heavy atom. The molecule has 0 saturated carbocycles. The molecule has 0 fully saturated rings. The van der Waals surface area contributed by atoms with Crippen molar-refractivity contribution in [1.29, 1.82) is 5.41 Å². The number of nitrogens with two attached hydrogens (primary N) is 1. The molecule has 2 rings (SSSR count). The van der Waals surface area contributed by atoms with E-state index in [4.69, 9.17) is 15.9 Å². The number of benzene rings is 1. The Balaban J connectivity index is 2.27. The van der Waals surface area contributed by atoms with E-state index in [-0.39, 0.29) is 17.8 Å².